The number of benzene rings is 1. The number of carbonyl (C=O) groups excluding carboxylic acids is 2. The van der Waals surface area contributed by atoms with E-state index in [0.717, 1.165) is 0 Å². The van der Waals surface area contributed by atoms with Gasteiger partial charge in [-0.25, -0.2) is 0 Å². The SMILES string of the molecule is CC(=O)c1ccc(C(=O)NCC2COc3ccccc3O2)[nH]1. The Hall–Kier alpha value is -2.76. The molecule has 114 valence electrons. The standard InChI is InChI=1S/C16H16N2O4/c1-10(19)12-6-7-13(18-12)16(20)17-8-11-9-21-14-4-2-3-5-15(14)22-11/h2-7,11,18H,8-9H2,1H3,(H,17,20). The highest BCUT2D eigenvalue weighted by atomic mass is 16.6. The molecule has 0 saturated heterocycles. The lowest BCUT2D eigenvalue weighted by atomic mass is 10.2. The molecule has 0 bridgehead atoms. The van der Waals surface area contributed by atoms with Crippen LogP contribution in [0.15, 0.2) is 36.4 Å². The van der Waals surface area contributed by atoms with Crippen molar-refractivity contribution in [3.63, 3.8) is 0 Å². The summed E-state index contributed by atoms with van der Waals surface area (Å²) >= 11 is 0. The summed E-state index contributed by atoms with van der Waals surface area (Å²) in [6.07, 6.45) is -0.249. The highest BCUT2D eigenvalue weighted by Gasteiger charge is 2.21. The zero-order valence-electron chi connectivity index (χ0n) is 12.1. The van der Waals surface area contributed by atoms with Crippen molar-refractivity contribution in [2.24, 2.45) is 0 Å². The summed E-state index contributed by atoms with van der Waals surface area (Å²) in [7, 11) is 0. The number of carbonyl (C=O) groups is 2. The Labute approximate surface area is 127 Å². The van der Waals surface area contributed by atoms with E-state index in [1.54, 1.807) is 12.1 Å². The summed E-state index contributed by atoms with van der Waals surface area (Å²) in [5.74, 6) is 0.988. The molecule has 0 aliphatic carbocycles. The van der Waals surface area contributed by atoms with E-state index in [-0.39, 0.29) is 17.8 Å². The second-order valence-corrected chi connectivity index (χ2v) is 5.05. The van der Waals surface area contributed by atoms with E-state index in [1.165, 1.54) is 6.92 Å². The van der Waals surface area contributed by atoms with E-state index in [2.05, 4.69) is 10.3 Å². The van der Waals surface area contributed by atoms with E-state index in [1.807, 2.05) is 24.3 Å². The smallest absolute Gasteiger partial charge is 0.267 e. The third-order valence-electron chi connectivity index (χ3n) is 3.37. The molecule has 0 radical (unpaired) electrons. The van der Waals surface area contributed by atoms with Gasteiger partial charge >= 0.3 is 0 Å². The minimum atomic E-state index is -0.282. The molecule has 6 nitrogen and oxygen atoms in total. The third kappa shape index (κ3) is 2.95. The van der Waals surface area contributed by atoms with Crippen molar-refractivity contribution in [2.75, 3.05) is 13.2 Å². The van der Waals surface area contributed by atoms with Gasteiger partial charge in [0, 0.05) is 6.92 Å². The predicted octanol–water partition coefficient (Wildman–Crippen LogP) is 1.79. The normalized spacial score (nSPS) is 16.1. The highest BCUT2D eigenvalue weighted by molar-refractivity contribution is 5.97. The van der Waals surface area contributed by atoms with Crippen molar-refractivity contribution in [2.45, 2.75) is 13.0 Å². The first-order valence-electron chi connectivity index (χ1n) is 7.00. The fraction of sp³-hybridized carbons (Fsp3) is 0.250. The molecule has 1 aliphatic heterocycles. The predicted molar refractivity (Wildman–Crippen MR) is 79.5 cm³/mol. The molecule has 1 aliphatic rings. The van der Waals surface area contributed by atoms with Crippen molar-refractivity contribution in [3.05, 3.63) is 47.8 Å². The number of aromatic nitrogens is 1. The number of hydrogen-bond acceptors (Lipinski definition) is 4. The number of fused-ring (bicyclic) bond motifs is 1. The van der Waals surface area contributed by atoms with Crippen LogP contribution in [-0.2, 0) is 0 Å². The number of ether oxygens (including phenoxy) is 2. The van der Waals surface area contributed by atoms with Crippen LogP contribution in [0.1, 0.15) is 27.9 Å². The van der Waals surface area contributed by atoms with Gasteiger partial charge in [0.25, 0.3) is 5.91 Å². The van der Waals surface area contributed by atoms with E-state index >= 15 is 0 Å². The number of Topliss-reactive ketones (excluding diaryl/α,β-unsaturated/α-hetero) is 1. The second-order valence-electron chi connectivity index (χ2n) is 5.05. The van der Waals surface area contributed by atoms with Crippen LogP contribution in [0.2, 0.25) is 0 Å². The maximum atomic E-state index is 12.0. The van der Waals surface area contributed by atoms with Crippen LogP contribution >= 0.6 is 0 Å². The first kappa shape index (κ1) is 14.2. The molecule has 1 aromatic heterocycles. The van der Waals surface area contributed by atoms with Gasteiger partial charge in [-0.1, -0.05) is 12.1 Å². The van der Waals surface area contributed by atoms with Crippen LogP contribution < -0.4 is 14.8 Å². The summed E-state index contributed by atoms with van der Waals surface area (Å²) in [5.41, 5.74) is 0.763. The molecule has 0 saturated carbocycles. The molecule has 2 N–H and O–H groups in total. The van der Waals surface area contributed by atoms with Gasteiger partial charge in [0.05, 0.1) is 12.2 Å². The van der Waals surface area contributed by atoms with Crippen molar-refractivity contribution in [1.29, 1.82) is 0 Å². The number of hydrogen-bond donors (Lipinski definition) is 2. The van der Waals surface area contributed by atoms with Crippen LogP contribution in [0.25, 0.3) is 0 Å². The Kier molecular flexibility index (Phi) is 3.82. The monoisotopic (exact) mass is 300 g/mol. The Morgan fingerprint density at radius 2 is 1.91 bits per heavy atom. The molecule has 2 aromatic rings. The summed E-state index contributed by atoms with van der Waals surface area (Å²) in [6.45, 7) is 2.14. The minimum Gasteiger partial charge on any atom is -0.486 e. The average molecular weight is 300 g/mol. The van der Waals surface area contributed by atoms with Gasteiger partial charge in [0.15, 0.2) is 17.3 Å². The summed E-state index contributed by atoms with van der Waals surface area (Å²) in [4.78, 5) is 26.0. The van der Waals surface area contributed by atoms with E-state index in [9.17, 15) is 9.59 Å². The molecule has 3 rings (SSSR count). The van der Waals surface area contributed by atoms with Crippen LogP contribution in [0.3, 0.4) is 0 Å². The lowest BCUT2D eigenvalue weighted by Gasteiger charge is -2.26. The highest BCUT2D eigenvalue weighted by Crippen LogP contribution is 2.30. The van der Waals surface area contributed by atoms with E-state index < -0.39 is 0 Å². The second kappa shape index (κ2) is 5.93. The Balaban J connectivity index is 1.56. The number of H-pyrrole nitrogens is 1. The maximum Gasteiger partial charge on any atom is 0.267 e. The van der Waals surface area contributed by atoms with Gasteiger partial charge in [0.2, 0.25) is 0 Å². The zero-order chi connectivity index (χ0) is 15.5. The number of nitrogens with one attached hydrogen (secondary N) is 2. The molecule has 1 aromatic carbocycles. The minimum absolute atomic E-state index is 0.111. The largest absolute Gasteiger partial charge is 0.486 e. The maximum absolute atomic E-state index is 12.0. The van der Waals surface area contributed by atoms with Crippen LogP contribution in [0, 0.1) is 0 Å². The molecule has 0 fully saturated rings. The molecule has 2 heterocycles. The molecular weight excluding hydrogens is 284 g/mol. The molecule has 22 heavy (non-hydrogen) atoms. The fourth-order valence-corrected chi connectivity index (χ4v) is 2.20. The van der Waals surface area contributed by atoms with Crippen molar-refractivity contribution in [1.82, 2.24) is 10.3 Å². The average Bonchev–Trinajstić information content (AvgIpc) is 3.03. The topological polar surface area (TPSA) is 80.4 Å². The Bertz CT molecular complexity index is 708. The van der Waals surface area contributed by atoms with Gasteiger partial charge in [-0.15, -0.1) is 0 Å². The first-order chi connectivity index (χ1) is 10.6. The molecule has 6 heteroatoms. The van der Waals surface area contributed by atoms with Gasteiger partial charge in [0.1, 0.15) is 18.4 Å². The third-order valence-corrected chi connectivity index (χ3v) is 3.37. The fourth-order valence-electron chi connectivity index (χ4n) is 2.20. The number of para-hydroxylation sites is 2. The Morgan fingerprint density at radius 3 is 2.64 bits per heavy atom. The van der Waals surface area contributed by atoms with Gasteiger partial charge in [-0.05, 0) is 24.3 Å². The van der Waals surface area contributed by atoms with Gasteiger partial charge in [-0.3, -0.25) is 9.59 Å². The summed E-state index contributed by atoms with van der Waals surface area (Å²) < 4.78 is 11.3. The molecule has 1 atom stereocenters. The van der Waals surface area contributed by atoms with E-state index in [0.29, 0.717) is 36.0 Å². The summed E-state index contributed by atoms with van der Waals surface area (Å²) in [6, 6.07) is 10.6. The van der Waals surface area contributed by atoms with Crippen LogP contribution in [0.5, 0.6) is 11.5 Å². The quantitative estimate of drug-likeness (QED) is 0.844. The van der Waals surface area contributed by atoms with Crippen LogP contribution in [0.4, 0.5) is 0 Å². The molecular formula is C16H16N2O4. The number of rotatable bonds is 4. The van der Waals surface area contributed by atoms with Crippen molar-refractivity contribution < 1.29 is 19.1 Å². The number of ketones is 1. The molecule has 0 spiro atoms. The van der Waals surface area contributed by atoms with Crippen molar-refractivity contribution in [3.8, 4) is 11.5 Å². The zero-order valence-corrected chi connectivity index (χ0v) is 12.1. The number of amides is 1. The van der Waals surface area contributed by atoms with Gasteiger partial charge < -0.3 is 19.8 Å². The molecule has 1 amide bonds. The Morgan fingerprint density at radius 1 is 1.18 bits per heavy atom. The first-order valence-corrected chi connectivity index (χ1v) is 7.00. The summed E-state index contributed by atoms with van der Waals surface area (Å²) in [5, 5.41) is 2.77. The molecule has 1 unspecified atom stereocenters. The lowest BCUT2D eigenvalue weighted by Crippen LogP contribution is -2.40. The number of aromatic amines is 1. The van der Waals surface area contributed by atoms with Crippen molar-refractivity contribution >= 4 is 11.7 Å². The lowest BCUT2D eigenvalue weighted by molar-refractivity contribution is 0.0786. The van der Waals surface area contributed by atoms with Gasteiger partial charge in [-0.2, -0.15) is 0 Å². The van der Waals surface area contributed by atoms with Crippen LogP contribution in [-0.4, -0.2) is 35.9 Å². The van der Waals surface area contributed by atoms with E-state index in [4.69, 9.17) is 9.47 Å².